The van der Waals surface area contributed by atoms with Gasteiger partial charge in [0, 0.05) is 11.4 Å². The molecule has 0 heterocycles. The minimum Gasteiger partial charge on any atom is -0.493 e. The van der Waals surface area contributed by atoms with Crippen molar-refractivity contribution in [3.8, 4) is 11.5 Å². The normalized spacial score (nSPS) is 12.1. The maximum absolute atomic E-state index is 12.3. The molecule has 106 valence electrons. The van der Waals surface area contributed by atoms with Crippen LogP contribution in [0.15, 0.2) is 18.2 Å². The van der Waals surface area contributed by atoms with Crippen molar-refractivity contribution in [1.82, 2.24) is 5.32 Å². The summed E-state index contributed by atoms with van der Waals surface area (Å²) >= 11 is 3.41. The summed E-state index contributed by atoms with van der Waals surface area (Å²) in [7, 11) is 3.08. The van der Waals surface area contributed by atoms with E-state index in [4.69, 9.17) is 9.47 Å². The third-order valence-corrected chi connectivity index (χ3v) is 3.63. The lowest BCUT2D eigenvalue weighted by Crippen LogP contribution is -2.39. The molecule has 1 rings (SSSR count). The van der Waals surface area contributed by atoms with Crippen molar-refractivity contribution in [3.63, 3.8) is 0 Å². The number of benzene rings is 1. The summed E-state index contributed by atoms with van der Waals surface area (Å²) in [6.07, 6.45) is 0. The minimum absolute atomic E-state index is 0.0726. The summed E-state index contributed by atoms with van der Waals surface area (Å²) in [5.74, 6) is 1.20. The van der Waals surface area contributed by atoms with Gasteiger partial charge in [0.1, 0.15) is 0 Å². The Morgan fingerprint density at radius 1 is 1.32 bits per heavy atom. The highest BCUT2D eigenvalue weighted by Gasteiger charge is 2.20. The van der Waals surface area contributed by atoms with Crippen molar-refractivity contribution in [2.24, 2.45) is 5.92 Å². The zero-order valence-electron chi connectivity index (χ0n) is 11.7. The van der Waals surface area contributed by atoms with Crippen LogP contribution in [0.1, 0.15) is 24.2 Å². The highest BCUT2D eigenvalue weighted by Crippen LogP contribution is 2.30. The fourth-order valence-electron chi connectivity index (χ4n) is 1.70. The lowest BCUT2D eigenvalue weighted by atomic mass is 10.1. The Hall–Kier alpha value is -1.23. The van der Waals surface area contributed by atoms with Crippen LogP contribution in [0.4, 0.5) is 0 Å². The van der Waals surface area contributed by atoms with Gasteiger partial charge in [-0.1, -0.05) is 35.8 Å². The second kappa shape index (κ2) is 7.38. The van der Waals surface area contributed by atoms with Gasteiger partial charge < -0.3 is 14.8 Å². The monoisotopic (exact) mass is 329 g/mol. The van der Waals surface area contributed by atoms with E-state index in [1.54, 1.807) is 25.3 Å². The fraction of sp³-hybridized carbons (Fsp3) is 0.500. The van der Waals surface area contributed by atoms with Crippen molar-refractivity contribution in [3.05, 3.63) is 23.8 Å². The molecule has 5 heteroatoms. The molecular weight excluding hydrogens is 310 g/mol. The predicted octanol–water partition coefficient (Wildman–Crippen LogP) is 2.85. The summed E-state index contributed by atoms with van der Waals surface area (Å²) in [6, 6.07) is 5.33. The van der Waals surface area contributed by atoms with E-state index in [0.717, 1.165) is 0 Å². The van der Waals surface area contributed by atoms with Crippen LogP contribution >= 0.6 is 15.9 Å². The summed E-state index contributed by atoms with van der Waals surface area (Å²) in [4.78, 5) is 12.3. The number of carbonyl (C=O) groups is 1. The average Bonchev–Trinajstić information content (AvgIpc) is 2.42. The topological polar surface area (TPSA) is 47.6 Å². The lowest BCUT2D eigenvalue weighted by molar-refractivity contribution is 0.0928. The number of alkyl halides is 1. The number of para-hydroxylation sites is 1. The van der Waals surface area contributed by atoms with Crippen molar-refractivity contribution in [1.29, 1.82) is 0 Å². The second-order valence-electron chi connectivity index (χ2n) is 4.52. The molecular formula is C14H20BrNO3. The van der Waals surface area contributed by atoms with E-state index in [1.807, 2.05) is 0 Å². The van der Waals surface area contributed by atoms with Crippen molar-refractivity contribution < 1.29 is 14.3 Å². The number of amides is 1. The van der Waals surface area contributed by atoms with E-state index >= 15 is 0 Å². The first-order valence-corrected chi connectivity index (χ1v) is 7.25. The summed E-state index contributed by atoms with van der Waals surface area (Å²) in [5.41, 5.74) is 0.480. The quantitative estimate of drug-likeness (QED) is 0.816. The number of methoxy groups -OCH3 is 2. The largest absolute Gasteiger partial charge is 0.493 e. The van der Waals surface area contributed by atoms with Crippen LogP contribution in [0.5, 0.6) is 11.5 Å². The number of rotatable bonds is 6. The SMILES string of the molecule is COc1cccc(C(=O)NC(CBr)C(C)C)c1OC. The molecule has 1 amide bonds. The first kappa shape index (κ1) is 15.8. The zero-order valence-corrected chi connectivity index (χ0v) is 13.3. The van der Waals surface area contributed by atoms with Gasteiger partial charge in [-0.15, -0.1) is 0 Å². The molecule has 1 N–H and O–H groups in total. The first-order valence-electron chi connectivity index (χ1n) is 6.13. The van der Waals surface area contributed by atoms with Crippen LogP contribution in [0.25, 0.3) is 0 Å². The third-order valence-electron chi connectivity index (χ3n) is 2.94. The van der Waals surface area contributed by atoms with E-state index in [0.29, 0.717) is 28.3 Å². The Balaban J connectivity index is 2.99. The van der Waals surface area contributed by atoms with E-state index < -0.39 is 0 Å². The molecule has 1 atom stereocenters. The van der Waals surface area contributed by atoms with Gasteiger partial charge in [0.05, 0.1) is 19.8 Å². The van der Waals surface area contributed by atoms with Crippen LogP contribution in [0.2, 0.25) is 0 Å². The van der Waals surface area contributed by atoms with Gasteiger partial charge in [0.2, 0.25) is 0 Å². The van der Waals surface area contributed by atoms with Gasteiger partial charge in [0.25, 0.3) is 5.91 Å². The summed E-state index contributed by atoms with van der Waals surface area (Å²) in [6.45, 7) is 4.13. The van der Waals surface area contributed by atoms with Gasteiger partial charge in [0.15, 0.2) is 11.5 Å². The highest BCUT2D eigenvalue weighted by atomic mass is 79.9. The van der Waals surface area contributed by atoms with Gasteiger partial charge >= 0.3 is 0 Å². The lowest BCUT2D eigenvalue weighted by Gasteiger charge is -2.21. The van der Waals surface area contributed by atoms with Crippen LogP contribution in [-0.4, -0.2) is 31.5 Å². The maximum atomic E-state index is 12.3. The molecule has 4 nitrogen and oxygen atoms in total. The molecule has 0 saturated carbocycles. The number of carbonyl (C=O) groups excluding carboxylic acids is 1. The Kier molecular flexibility index (Phi) is 6.15. The smallest absolute Gasteiger partial charge is 0.255 e. The molecule has 0 bridgehead atoms. The molecule has 19 heavy (non-hydrogen) atoms. The number of halogens is 1. The molecule has 0 radical (unpaired) electrons. The third kappa shape index (κ3) is 3.86. The Morgan fingerprint density at radius 2 is 2.00 bits per heavy atom. The Morgan fingerprint density at radius 3 is 2.47 bits per heavy atom. The summed E-state index contributed by atoms with van der Waals surface area (Å²) < 4.78 is 10.5. The number of hydrogen-bond acceptors (Lipinski definition) is 3. The molecule has 0 fully saturated rings. The predicted molar refractivity (Wildman–Crippen MR) is 79.4 cm³/mol. The Bertz CT molecular complexity index is 435. The number of ether oxygens (including phenoxy) is 2. The van der Waals surface area contributed by atoms with E-state index in [1.165, 1.54) is 7.11 Å². The molecule has 0 aliphatic rings. The van der Waals surface area contributed by atoms with Gasteiger partial charge in [-0.25, -0.2) is 0 Å². The van der Waals surface area contributed by atoms with Gasteiger partial charge in [-0.2, -0.15) is 0 Å². The molecule has 0 aliphatic heterocycles. The fourth-order valence-corrected chi connectivity index (χ4v) is 2.60. The molecule has 0 aliphatic carbocycles. The molecule has 1 unspecified atom stereocenters. The molecule has 0 aromatic heterocycles. The summed E-state index contributed by atoms with van der Waals surface area (Å²) in [5, 5.41) is 3.70. The number of hydrogen-bond donors (Lipinski definition) is 1. The first-order chi connectivity index (χ1) is 9.04. The van der Waals surface area contributed by atoms with Crippen molar-refractivity contribution >= 4 is 21.8 Å². The highest BCUT2D eigenvalue weighted by molar-refractivity contribution is 9.09. The van der Waals surface area contributed by atoms with Gasteiger partial charge in [-0.3, -0.25) is 4.79 Å². The molecule has 1 aromatic rings. The van der Waals surface area contributed by atoms with Crippen LogP contribution in [0.3, 0.4) is 0 Å². The minimum atomic E-state index is -0.158. The van der Waals surface area contributed by atoms with Crippen molar-refractivity contribution in [2.75, 3.05) is 19.5 Å². The van der Waals surface area contributed by atoms with E-state index in [2.05, 4.69) is 35.1 Å². The van der Waals surface area contributed by atoms with Gasteiger partial charge in [-0.05, 0) is 18.1 Å². The molecule has 1 aromatic carbocycles. The molecule has 0 spiro atoms. The maximum Gasteiger partial charge on any atom is 0.255 e. The average molecular weight is 330 g/mol. The molecule has 0 saturated heterocycles. The van der Waals surface area contributed by atoms with E-state index in [9.17, 15) is 4.79 Å². The van der Waals surface area contributed by atoms with E-state index in [-0.39, 0.29) is 11.9 Å². The Labute approximate surface area is 122 Å². The number of nitrogens with one attached hydrogen (secondary N) is 1. The van der Waals surface area contributed by atoms with Crippen LogP contribution < -0.4 is 14.8 Å². The standard InChI is InChI=1S/C14H20BrNO3/c1-9(2)11(8-15)16-14(17)10-6-5-7-12(18-3)13(10)19-4/h5-7,9,11H,8H2,1-4H3,(H,16,17). The van der Waals surface area contributed by atoms with Crippen LogP contribution in [0, 0.1) is 5.92 Å². The zero-order chi connectivity index (χ0) is 14.4. The second-order valence-corrected chi connectivity index (χ2v) is 5.17. The van der Waals surface area contributed by atoms with Crippen LogP contribution in [-0.2, 0) is 0 Å². The van der Waals surface area contributed by atoms with Crippen molar-refractivity contribution in [2.45, 2.75) is 19.9 Å².